The van der Waals surface area contributed by atoms with Gasteiger partial charge in [0.15, 0.2) is 0 Å². The molecule has 5 heteroatoms. The van der Waals surface area contributed by atoms with Gasteiger partial charge in [-0.05, 0) is 19.3 Å². The van der Waals surface area contributed by atoms with Crippen molar-refractivity contribution in [3.05, 3.63) is 0 Å². The van der Waals surface area contributed by atoms with Crippen molar-refractivity contribution < 1.29 is 14.3 Å². The number of hydrogen-bond donors (Lipinski definition) is 1. The lowest BCUT2D eigenvalue weighted by molar-refractivity contribution is -0.158. The van der Waals surface area contributed by atoms with E-state index < -0.39 is 5.54 Å². The Labute approximate surface area is 101 Å². The molecular weight excluding hydrogens is 220 g/mol. The molecule has 2 amide bonds. The average molecular weight is 240 g/mol. The Bertz CT molecular complexity index is 320. The van der Waals surface area contributed by atoms with Gasteiger partial charge in [-0.2, -0.15) is 0 Å². The fourth-order valence-electron chi connectivity index (χ4n) is 2.94. The molecule has 0 radical (unpaired) electrons. The Kier molecular flexibility index (Phi) is 3.38. The fourth-order valence-corrected chi connectivity index (χ4v) is 2.94. The minimum atomic E-state index is -0.673. The van der Waals surface area contributed by atoms with Crippen LogP contribution in [0.25, 0.3) is 0 Å². The summed E-state index contributed by atoms with van der Waals surface area (Å²) in [7, 11) is 0. The standard InChI is InChI=1S/C12H20N2O3/c1-3-12(4-2)11(16)13-7-10(15)14(12)9-5-6-17-8-9/h9H,3-8H2,1-2H3,(H,13,16). The van der Waals surface area contributed by atoms with Crippen LogP contribution in [-0.4, -0.2) is 48.1 Å². The van der Waals surface area contributed by atoms with Gasteiger partial charge >= 0.3 is 0 Å². The van der Waals surface area contributed by atoms with Gasteiger partial charge in [0, 0.05) is 6.61 Å². The summed E-state index contributed by atoms with van der Waals surface area (Å²) in [4.78, 5) is 26.1. The first-order valence-electron chi connectivity index (χ1n) is 6.34. The summed E-state index contributed by atoms with van der Waals surface area (Å²) in [5.41, 5.74) is -0.673. The molecule has 2 aliphatic heterocycles. The van der Waals surface area contributed by atoms with E-state index in [9.17, 15) is 9.59 Å². The third kappa shape index (κ3) is 1.82. The number of nitrogens with zero attached hydrogens (tertiary/aromatic N) is 1. The summed E-state index contributed by atoms with van der Waals surface area (Å²) in [6.07, 6.45) is 2.13. The maximum atomic E-state index is 12.1. The van der Waals surface area contributed by atoms with E-state index in [1.54, 1.807) is 4.90 Å². The topological polar surface area (TPSA) is 58.6 Å². The molecule has 96 valence electrons. The van der Waals surface area contributed by atoms with Gasteiger partial charge in [0.25, 0.3) is 0 Å². The molecule has 2 rings (SSSR count). The lowest BCUT2D eigenvalue weighted by Crippen LogP contribution is -2.69. The molecule has 0 aromatic carbocycles. The molecule has 1 N–H and O–H groups in total. The molecule has 0 bridgehead atoms. The van der Waals surface area contributed by atoms with Crippen LogP contribution < -0.4 is 5.32 Å². The Hall–Kier alpha value is -1.10. The van der Waals surface area contributed by atoms with E-state index >= 15 is 0 Å². The quantitative estimate of drug-likeness (QED) is 0.771. The highest BCUT2D eigenvalue weighted by molar-refractivity contribution is 5.98. The van der Waals surface area contributed by atoms with E-state index in [1.165, 1.54) is 0 Å². The van der Waals surface area contributed by atoms with Crippen LogP contribution in [0.2, 0.25) is 0 Å². The van der Waals surface area contributed by atoms with Crippen molar-refractivity contribution in [1.29, 1.82) is 0 Å². The van der Waals surface area contributed by atoms with Gasteiger partial charge < -0.3 is 15.0 Å². The number of rotatable bonds is 3. The van der Waals surface area contributed by atoms with Gasteiger partial charge in [-0.1, -0.05) is 13.8 Å². The van der Waals surface area contributed by atoms with Crippen molar-refractivity contribution in [3.8, 4) is 0 Å². The summed E-state index contributed by atoms with van der Waals surface area (Å²) >= 11 is 0. The predicted molar refractivity (Wildman–Crippen MR) is 62.4 cm³/mol. The van der Waals surface area contributed by atoms with E-state index in [1.807, 2.05) is 13.8 Å². The van der Waals surface area contributed by atoms with Gasteiger partial charge in [0.2, 0.25) is 11.8 Å². The molecule has 0 aromatic heterocycles. The van der Waals surface area contributed by atoms with E-state index in [2.05, 4.69) is 5.32 Å². The largest absolute Gasteiger partial charge is 0.379 e. The monoisotopic (exact) mass is 240 g/mol. The molecule has 1 atom stereocenters. The molecule has 2 saturated heterocycles. The minimum absolute atomic E-state index is 0.0174. The van der Waals surface area contributed by atoms with Crippen molar-refractivity contribution in [3.63, 3.8) is 0 Å². The minimum Gasteiger partial charge on any atom is -0.379 e. The molecule has 0 aliphatic carbocycles. The first-order chi connectivity index (χ1) is 8.15. The maximum absolute atomic E-state index is 12.1. The Morgan fingerprint density at radius 1 is 1.41 bits per heavy atom. The first-order valence-corrected chi connectivity index (χ1v) is 6.34. The van der Waals surface area contributed by atoms with Crippen LogP contribution in [0.15, 0.2) is 0 Å². The number of ether oxygens (including phenoxy) is 1. The number of carbonyl (C=O) groups excluding carboxylic acids is 2. The third-order valence-electron chi connectivity index (χ3n) is 3.99. The Morgan fingerprint density at radius 3 is 2.65 bits per heavy atom. The summed E-state index contributed by atoms with van der Waals surface area (Å²) in [5, 5.41) is 2.71. The van der Waals surface area contributed by atoms with Gasteiger partial charge in [0.1, 0.15) is 5.54 Å². The van der Waals surface area contributed by atoms with E-state index in [0.717, 1.165) is 6.42 Å². The van der Waals surface area contributed by atoms with Crippen LogP contribution in [0.5, 0.6) is 0 Å². The van der Waals surface area contributed by atoms with Crippen LogP contribution in [-0.2, 0) is 14.3 Å². The van der Waals surface area contributed by atoms with Crippen molar-refractivity contribution in [2.45, 2.75) is 44.7 Å². The molecule has 0 aromatic rings. The van der Waals surface area contributed by atoms with Crippen molar-refractivity contribution >= 4 is 11.8 Å². The molecule has 0 saturated carbocycles. The van der Waals surface area contributed by atoms with E-state index in [-0.39, 0.29) is 24.4 Å². The predicted octanol–water partition coefficient (Wildman–Crippen LogP) is 0.293. The molecular formula is C12H20N2O3. The highest BCUT2D eigenvalue weighted by Crippen LogP contribution is 2.31. The van der Waals surface area contributed by atoms with Crippen LogP contribution in [0.4, 0.5) is 0 Å². The van der Waals surface area contributed by atoms with Crippen molar-refractivity contribution in [2.75, 3.05) is 19.8 Å². The van der Waals surface area contributed by atoms with Gasteiger partial charge in [-0.3, -0.25) is 9.59 Å². The molecule has 0 spiro atoms. The maximum Gasteiger partial charge on any atom is 0.246 e. The molecule has 1 unspecified atom stereocenters. The Morgan fingerprint density at radius 2 is 2.12 bits per heavy atom. The summed E-state index contributed by atoms with van der Waals surface area (Å²) in [5.74, 6) is -0.00204. The SMILES string of the molecule is CCC1(CC)C(=O)NCC(=O)N1C1CCOC1. The lowest BCUT2D eigenvalue weighted by Gasteiger charge is -2.47. The summed E-state index contributed by atoms with van der Waals surface area (Å²) < 4.78 is 5.35. The Balaban J connectivity index is 2.33. The molecule has 5 nitrogen and oxygen atoms in total. The van der Waals surface area contributed by atoms with Crippen LogP contribution in [0.3, 0.4) is 0 Å². The molecule has 2 heterocycles. The van der Waals surface area contributed by atoms with E-state index in [0.29, 0.717) is 26.1 Å². The first kappa shape index (κ1) is 12.4. The van der Waals surface area contributed by atoms with Crippen LogP contribution >= 0.6 is 0 Å². The highest BCUT2D eigenvalue weighted by atomic mass is 16.5. The fraction of sp³-hybridized carbons (Fsp3) is 0.833. The number of amides is 2. The number of carbonyl (C=O) groups is 2. The van der Waals surface area contributed by atoms with Crippen LogP contribution in [0, 0.1) is 0 Å². The van der Waals surface area contributed by atoms with Gasteiger partial charge in [-0.25, -0.2) is 0 Å². The lowest BCUT2D eigenvalue weighted by atomic mass is 9.85. The summed E-state index contributed by atoms with van der Waals surface area (Å²) in [6, 6.07) is 0.0634. The van der Waals surface area contributed by atoms with Gasteiger partial charge in [0.05, 0.1) is 19.2 Å². The second kappa shape index (κ2) is 4.64. The summed E-state index contributed by atoms with van der Waals surface area (Å²) in [6.45, 7) is 5.28. The second-order valence-corrected chi connectivity index (χ2v) is 4.70. The van der Waals surface area contributed by atoms with Crippen molar-refractivity contribution in [1.82, 2.24) is 10.2 Å². The number of piperazine rings is 1. The number of nitrogens with one attached hydrogen (secondary N) is 1. The van der Waals surface area contributed by atoms with E-state index in [4.69, 9.17) is 4.74 Å². The molecule has 2 fully saturated rings. The van der Waals surface area contributed by atoms with Crippen molar-refractivity contribution in [2.24, 2.45) is 0 Å². The zero-order valence-electron chi connectivity index (χ0n) is 10.5. The normalized spacial score (nSPS) is 28.4. The highest BCUT2D eigenvalue weighted by Gasteiger charge is 2.50. The number of hydrogen-bond acceptors (Lipinski definition) is 3. The third-order valence-corrected chi connectivity index (χ3v) is 3.99. The molecule has 2 aliphatic rings. The zero-order chi connectivity index (χ0) is 12.5. The van der Waals surface area contributed by atoms with Crippen LogP contribution in [0.1, 0.15) is 33.1 Å². The second-order valence-electron chi connectivity index (χ2n) is 4.70. The smallest absolute Gasteiger partial charge is 0.246 e. The average Bonchev–Trinajstić information content (AvgIpc) is 2.85. The molecule has 17 heavy (non-hydrogen) atoms. The van der Waals surface area contributed by atoms with Gasteiger partial charge in [-0.15, -0.1) is 0 Å². The zero-order valence-corrected chi connectivity index (χ0v) is 10.5.